The van der Waals surface area contributed by atoms with Gasteiger partial charge in [-0.05, 0) is 12.1 Å². The van der Waals surface area contributed by atoms with Crippen molar-refractivity contribution in [1.29, 1.82) is 0 Å². The molecule has 0 fully saturated rings. The van der Waals surface area contributed by atoms with E-state index in [1.807, 2.05) is 0 Å². The van der Waals surface area contributed by atoms with E-state index in [-0.39, 0.29) is 6.42 Å². The molecule has 1 aromatic rings. The van der Waals surface area contributed by atoms with Crippen molar-refractivity contribution in [3.05, 3.63) is 24.0 Å². The van der Waals surface area contributed by atoms with Gasteiger partial charge in [0.2, 0.25) is 0 Å². The molecule has 66 valence electrons. The molecule has 0 radical (unpaired) electrons. The van der Waals surface area contributed by atoms with Crippen LogP contribution in [0.15, 0.2) is 18.3 Å². The second-order valence-corrected chi connectivity index (χ2v) is 2.42. The molecule has 4 heteroatoms. The van der Waals surface area contributed by atoms with Crippen LogP contribution in [0.5, 0.6) is 0 Å². The van der Waals surface area contributed by atoms with Crippen LogP contribution in [0, 0.1) is 0 Å². The summed E-state index contributed by atoms with van der Waals surface area (Å²) in [6.07, 6.45) is 0.875. The van der Waals surface area contributed by atoms with E-state index in [2.05, 4.69) is 9.72 Å². The first-order valence-corrected chi connectivity index (χ1v) is 3.62. The van der Waals surface area contributed by atoms with E-state index in [0.717, 1.165) is 0 Å². The van der Waals surface area contributed by atoms with Gasteiger partial charge in [-0.3, -0.25) is 4.79 Å². The van der Waals surface area contributed by atoms with Gasteiger partial charge in [0.25, 0.3) is 0 Å². The van der Waals surface area contributed by atoms with Gasteiger partial charge in [-0.2, -0.15) is 0 Å². The highest BCUT2D eigenvalue weighted by Crippen LogP contribution is 2.13. The van der Waals surface area contributed by atoms with Crippen molar-refractivity contribution in [3.63, 3.8) is 0 Å². The Morgan fingerprint density at radius 3 is 3.08 bits per heavy atom. The molecule has 1 aromatic heterocycles. The van der Waals surface area contributed by atoms with Gasteiger partial charge in [0, 0.05) is 11.9 Å². The van der Waals surface area contributed by atoms with Gasteiger partial charge in [-0.1, -0.05) is 0 Å². The van der Waals surface area contributed by atoms with Gasteiger partial charge in [0.15, 0.2) is 0 Å². The Morgan fingerprint density at radius 1 is 1.83 bits per heavy atom. The fourth-order valence-electron chi connectivity index (χ4n) is 0.903. The first kappa shape index (κ1) is 8.80. The highest BCUT2D eigenvalue weighted by Gasteiger charge is 2.13. The summed E-state index contributed by atoms with van der Waals surface area (Å²) in [5.74, 6) is -0.419. The molecule has 0 spiro atoms. The number of carbonyl (C=O) groups excluding carboxylic acids is 1. The summed E-state index contributed by atoms with van der Waals surface area (Å²) in [6.45, 7) is 0. The number of ether oxygens (including phenoxy) is 1. The zero-order valence-electron chi connectivity index (χ0n) is 6.78. The smallest absolute Gasteiger partial charge is 0.308 e. The number of H-pyrrole nitrogens is 1. The normalized spacial score (nSPS) is 12.5. The van der Waals surface area contributed by atoms with E-state index in [4.69, 9.17) is 0 Å². The maximum absolute atomic E-state index is 10.7. The lowest BCUT2D eigenvalue weighted by molar-refractivity contribution is -0.142. The van der Waals surface area contributed by atoms with Crippen LogP contribution in [0.1, 0.15) is 18.2 Å². The Bertz CT molecular complexity index is 243. The van der Waals surface area contributed by atoms with E-state index in [1.54, 1.807) is 18.3 Å². The molecule has 1 heterocycles. The quantitative estimate of drug-likeness (QED) is 0.652. The van der Waals surface area contributed by atoms with Crippen molar-refractivity contribution < 1.29 is 14.6 Å². The molecule has 2 N–H and O–H groups in total. The van der Waals surface area contributed by atoms with Crippen LogP contribution in [0.4, 0.5) is 0 Å². The number of aliphatic hydroxyl groups excluding tert-OH is 1. The van der Waals surface area contributed by atoms with Crippen molar-refractivity contribution in [1.82, 2.24) is 4.98 Å². The van der Waals surface area contributed by atoms with Gasteiger partial charge in [-0.25, -0.2) is 0 Å². The molecule has 0 aromatic carbocycles. The Morgan fingerprint density at radius 2 is 2.58 bits per heavy atom. The number of carbonyl (C=O) groups is 1. The molecular formula is C8H11NO3. The van der Waals surface area contributed by atoms with Crippen molar-refractivity contribution in [2.75, 3.05) is 7.11 Å². The Labute approximate surface area is 70.2 Å². The largest absolute Gasteiger partial charge is 0.469 e. The predicted octanol–water partition coefficient (Wildman–Crippen LogP) is 0.611. The number of hydrogen-bond donors (Lipinski definition) is 2. The molecule has 4 nitrogen and oxygen atoms in total. The average Bonchev–Trinajstić information content (AvgIpc) is 2.56. The SMILES string of the molecule is COC(=O)CC(O)c1ccc[nH]1. The molecule has 0 aliphatic carbocycles. The third-order valence-corrected chi connectivity index (χ3v) is 1.57. The molecule has 1 rings (SSSR count). The standard InChI is InChI=1S/C8H11NO3/c1-12-8(11)5-7(10)6-3-2-4-9-6/h2-4,7,9-10H,5H2,1H3. The van der Waals surface area contributed by atoms with Crippen molar-refractivity contribution in [3.8, 4) is 0 Å². The number of aromatic nitrogens is 1. The summed E-state index contributed by atoms with van der Waals surface area (Å²) < 4.78 is 4.41. The number of methoxy groups -OCH3 is 1. The third-order valence-electron chi connectivity index (χ3n) is 1.57. The van der Waals surface area contributed by atoms with Gasteiger partial charge in [-0.15, -0.1) is 0 Å². The molecule has 1 atom stereocenters. The van der Waals surface area contributed by atoms with Gasteiger partial charge < -0.3 is 14.8 Å². The molecule has 0 aliphatic rings. The van der Waals surface area contributed by atoms with Crippen LogP contribution in [0.3, 0.4) is 0 Å². The van der Waals surface area contributed by atoms with E-state index in [1.165, 1.54) is 7.11 Å². The zero-order chi connectivity index (χ0) is 8.97. The Balaban J connectivity index is 2.49. The van der Waals surface area contributed by atoms with Crippen molar-refractivity contribution in [2.45, 2.75) is 12.5 Å². The van der Waals surface area contributed by atoms with Crippen LogP contribution in [0.25, 0.3) is 0 Å². The average molecular weight is 169 g/mol. The predicted molar refractivity (Wildman–Crippen MR) is 42.4 cm³/mol. The fourth-order valence-corrected chi connectivity index (χ4v) is 0.903. The molecule has 12 heavy (non-hydrogen) atoms. The number of hydrogen-bond acceptors (Lipinski definition) is 3. The first-order valence-electron chi connectivity index (χ1n) is 3.62. The Hall–Kier alpha value is -1.29. The minimum atomic E-state index is -0.799. The molecule has 0 amide bonds. The van der Waals surface area contributed by atoms with E-state index < -0.39 is 12.1 Å². The summed E-state index contributed by atoms with van der Waals surface area (Å²) in [5.41, 5.74) is 0.625. The number of esters is 1. The second-order valence-electron chi connectivity index (χ2n) is 2.42. The first-order chi connectivity index (χ1) is 5.74. The topological polar surface area (TPSA) is 62.3 Å². The second kappa shape index (κ2) is 3.92. The minimum absolute atomic E-state index is 0.0169. The van der Waals surface area contributed by atoms with E-state index in [9.17, 15) is 9.90 Å². The molecular weight excluding hydrogens is 158 g/mol. The number of nitrogens with one attached hydrogen (secondary N) is 1. The highest BCUT2D eigenvalue weighted by atomic mass is 16.5. The van der Waals surface area contributed by atoms with E-state index in [0.29, 0.717) is 5.69 Å². The monoisotopic (exact) mass is 169 g/mol. The summed E-state index contributed by atoms with van der Waals surface area (Å²) in [5, 5.41) is 9.38. The number of aliphatic hydroxyl groups is 1. The molecule has 0 saturated carbocycles. The molecule has 0 aliphatic heterocycles. The van der Waals surface area contributed by atoms with Crippen LogP contribution in [-0.4, -0.2) is 23.2 Å². The third kappa shape index (κ3) is 2.10. The minimum Gasteiger partial charge on any atom is -0.469 e. The molecule has 1 unspecified atom stereocenters. The summed E-state index contributed by atoms with van der Waals surface area (Å²) in [4.78, 5) is 13.5. The lowest BCUT2D eigenvalue weighted by atomic mass is 10.2. The number of aromatic amines is 1. The van der Waals surface area contributed by atoms with Crippen molar-refractivity contribution >= 4 is 5.97 Å². The lowest BCUT2D eigenvalue weighted by Gasteiger charge is -2.05. The van der Waals surface area contributed by atoms with Crippen molar-refractivity contribution in [2.24, 2.45) is 0 Å². The highest BCUT2D eigenvalue weighted by molar-refractivity contribution is 5.69. The summed E-state index contributed by atoms with van der Waals surface area (Å²) in [6, 6.07) is 3.48. The van der Waals surface area contributed by atoms with Crippen LogP contribution >= 0.6 is 0 Å². The zero-order valence-corrected chi connectivity index (χ0v) is 6.78. The summed E-state index contributed by atoms with van der Waals surface area (Å²) >= 11 is 0. The number of rotatable bonds is 3. The lowest BCUT2D eigenvalue weighted by Crippen LogP contribution is -2.08. The van der Waals surface area contributed by atoms with Gasteiger partial charge >= 0.3 is 5.97 Å². The van der Waals surface area contributed by atoms with Crippen LogP contribution in [-0.2, 0) is 9.53 Å². The molecule has 0 bridgehead atoms. The van der Waals surface area contributed by atoms with E-state index >= 15 is 0 Å². The molecule has 0 saturated heterocycles. The van der Waals surface area contributed by atoms with Gasteiger partial charge in [0.1, 0.15) is 6.10 Å². The van der Waals surface area contributed by atoms with Crippen LogP contribution < -0.4 is 0 Å². The summed E-state index contributed by atoms with van der Waals surface area (Å²) in [7, 11) is 1.30. The maximum Gasteiger partial charge on any atom is 0.308 e. The van der Waals surface area contributed by atoms with Crippen LogP contribution in [0.2, 0.25) is 0 Å². The fraction of sp³-hybridized carbons (Fsp3) is 0.375. The van der Waals surface area contributed by atoms with Gasteiger partial charge in [0.05, 0.1) is 13.5 Å². The maximum atomic E-state index is 10.7. The Kier molecular flexibility index (Phi) is 2.88.